The monoisotopic (exact) mass is 202 g/mol. The average molecular weight is 202 g/mol. The molecule has 0 fully saturated rings. The van der Waals surface area contributed by atoms with E-state index in [0.717, 1.165) is 6.42 Å². The van der Waals surface area contributed by atoms with Gasteiger partial charge in [0.1, 0.15) is 0 Å². The van der Waals surface area contributed by atoms with Crippen LogP contribution < -0.4 is 0 Å². The van der Waals surface area contributed by atoms with Gasteiger partial charge in [0.15, 0.2) is 6.10 Å². The van der Waals surface area contributed by atoms with Crippen LogP contribution >= 0.6 is 0 Å². The van der Waals surface area contributed by atoms with Gasteiger partial charge in [0.2, 0.25) is 0 Å². The first kappa shape index (κ1) is 13.4. The highest BCUT2D eigenvalue weighted by Gasteiger charge is 2.45. The number of aliphatic hydroxyl groups excluding tert-OH is 1. The first-order valence-corrected chi connectivity index (χ1v) is 4.96. The molecule has 3 heteroatoms. The zero-order valence-electron chi connectivity index (χ0n) is 10.0. The van der Waals surface area contributed by atoms with E-state index in [4.69, 9.17) is 0 Å². The molecular formula is C11H22O3. The van der Waals surface area contributed by atoms with Crippen LogP contribution in [0.2, 0.25) is 0 Å². The van der Waals surface area contributed by atoms with E-state index >= 15 is 0 Å². The number of hydrogen-bond acceptors (Lipinski definition) is 3. The van der Waals surface area contributed by atoms with E-state index in [-0.39, 0.29) is 5.41 Å². The van der Waals surface area contributed by atoms with Crippen molar-refractivity contribution in [1.82, 2.24) is 0 Å². The molecule has 0 rings (SSSR count). The molecule has 1 N–H and O–H groups in total. The Balaban J connectivity index is 4.85. The molecule has 0 aliphatic heterocycles. The van der Waals surface area contributed by atoms with Gasteiger partial charge in [-0.3, -0.25) is 0 Å². The van der Waals surface area contributed by atoms with E-state index in [0.29, 0.717) is 0 Å². The normalized spacial score (nSPS) is 15.1. The lowest BCUT2D eigenvalue weighted by Crippen LogP contribution is -2.46. The summed E-state index contributed by atoms with van der Waals surface area (Å²) in [5.74, 6) is -0.559. The first-order valence-electron chi connectivity index (χ1n) is 4.96. The van der Waals surface area contributed by atoms with E-state index < -0.39 is 17.5 Å². The number of ether oxygens (including phenoxy) is 1. The highest BCUT2D eigenvalue weighted by Crippen LogP contribution is 2.43. The zero-order valence-corrected chi connectivity index (χ0v) is 10.0. The number of rotatable bonds is 4. The van der Waals surface area contributed by atoms with Gasteiger partial charge >= 0.3 is 5.97 Å². The summed E-state index contributed by atoms with van der Waals surface area (Å²) in [6.45, 7) is 9.90. The third-order valence-electron chi connectivity index (χ3n) is 3.74. The van der Waals surface area contributed by atoms with Crippen LogP contribution in [-0.2, 0) is 9.53 Å². The molecule has 14 heavy (non-hydrogen) atoms. The fourth-order valence-electron chi connectivity index (χ4n) is 1.23. The summed E-state index contributed by atoms with van der Waals surface area (Å²) in [4.78, 5) is 11.2. The fourth-order valence-corrected chi connectivity index (χ4v) is 1.23. The minimum atomic E-state index is -1.07. The lowest BCUT2D eigenvalue weighted by molar-refractivity contribution is -0.163. The Morgan fingerprint density at radius 1 is 1.36 bits per heavy atom. The number of hydrogen-bond donors (Lipinski definition) is 1. The van der Waals surface area contributed by atoms with Crippen molar-refractivity contribution in [2.24, 2.45) is 10.8 Å². The zero-order chi connectivity index (χ0) is 11.6. The minimum absolute atomic E-state index is 0.111. The molecule has 3 nitrogen and oxygen atoms in total. The molecule has 84 valence electrons. The standard InChI is InChI=1S/C11H22O3/c1-7-10(2,3)11(4,5)8(12)9(13)14-6/h8,12H,7H2,1-6H3. The van der Waals surface area contributed by atoms with Gasteiger partial charge in [0, 0.05) is 5.41 Å². The predicted molar refractivity (Wildman–Crippen MR) is 55.9 cm³/mol. The molecule has 0 saturated heterocycles. The second-order valence-corrected chi connectivity index (χ2v) is 4.88. The molecule has 0 spiro atoms. The SMILES string of the molecule is CCC(C)(C)C(C)(C)C(O)C(=O)OC. The minimum Gasteiger partial charge on any atom is -0.467 e. The van der Waals surface area contributed by atoms with Crippen molar-refractivity contribution >= 4 is 5.97 Å². The summed E-state index contributed by atoms with van der Waals surface area (Å²) >= 11 is 0. The van der Waals surface area contributed by atoms with Gasteiger partial charge in [0.05, 0.1) is 7.11 Å². The lowest BCUT2D eigenvalue weighted by Gasteiger charge is -2.43. The van der Waals surface area contributed by atoms with Gasteiger partial charge in [-0.25, -0.2) is 4.79 Å². The van der Waals surface area contributed by atoms with Crippen molar-refractivity contribution < 1.29 is 14.6 Å². The molecule has 1 atom stereocenters. The van der Waals surface area contributed by atoms with Crippen molar-refractivity contribution in [3.05, 3.63) is 0 Å². The molecule has 0 aromatic heterocycles. The van der Waals surface area contributed by atoms with Gasteiger partial charge < -0.3 is 9.84 Å². The quantitative estimate of drug-likeness (QED) is 0.709. The molecule has 0 saturated carbocycles. The van der Waals surface area contributed by atoms with E-state index in [2.05, 4.69) is 4.74 Å². The highest BCUT2D eigenvalue weighted by atomic mass is 16.5. The maximum absolute atomic E-state index is 11.2. The predicted octanol–water partition coefficient (Wildman–Crippen LogP) is 1.98. The fraction of sp³-hybridized carbons (Fsp3) is 0.909. The average Bonchev–Trinajstić information content (AvgIpc) is 2.14. The molecule has 0 aromatic carbocycles. The van der Waals surface area contributed by atoms with E-state index in [9.17, 15) is 9.90 Å². The van der Waals surface area contributed by atoms with Gasteiger partial charge in [0.25, 0.3) is 0 Å². The molecular weight excluding hydrogens is 180 g/mol. The summed E-state index contributed by atoms with van der Waals surface area (Å²) in [6, 6.07) is 0. The molecule has 0 heterocycles. The van der Waals surface area contributed by atoms with Crippen molar-refractivity contribution in [3.8, 4) is 0 Å². The van der Waals surface area contributed by atoms with Gasteiger partial charge in [-0.1, -0.05) is 41.0 Å². The molecule has 0 radical (unpaired) electrons. The smallest absolute Gasteiger partial charge is 0.335 e. The van der Waals surface area contributed by atoms with E-state index in [1.807, 2.05) is 34.6 Å². The Bertz CT molecular complexity index is 207. The van der Waals surface area contributed by atoms with Crippen molar-refractivity contribution in [1.29, 1.82) is 0 Å². The Morgan fingerprint density at radius 3 is 2.07 bits per heavy atom. The van der Waals surface area contributed by atoms with E-state index in [1.165, 1.54) is 7.11 Å². The first-order chi connectivity index (χ1) is 6.20. The number of methoxy groups -OCH3 is 1. The van der Waals surface area contributed by atoms with Crippen LogP contribution in [0, 0.1) is 10.8 Å². The maximum atomic E-state index is 11.2. The van der Waals surface area contributed by atoms with Crippen LogP contribution in [0.5, 0.6) is 0 Å². The van der Waals surface area contributed by atoms with Crippen LogP contribution in [0.1, 0.15) is 41.0 Å². The summed E-state index contributed by atoms with van der Waals surface area (Å²) in [5, 5.41) is 9.84. The Morgan fingerprint density at radius 2 is 1.79 bits per heavy atom. The third kappa shape index (κ3) is 2.27. The largest absolute Gasteiger partial charge is 0.467 e. The number of carbonyl (C=O) groups excluding carboxylic acids is 1. The number of esters is 1. The summed E-state index contributed by atoms with van der Waals surface area (Å²) in [7, 11) is 1.29. The summed E-state index contributed by atoms with van der Waals surface area (Å²) in [5.41, 5.74) is -0.602. The highest BCUT2D eigenvalue weighted by molar-refractivity contribution is 5.75. The maximum Gasteiger partial charge on any atom is 0.335 e. The molecule has 1 unspecified atom stereocenters. The van der Waals surface area contributed by atoms with Crippen LogP contribution in [0.25, 0.3) is 0 Å². The second kappa shape index (κ2) is 4.30. The number of aliphatic hydroxyl groups is 1. The van der Waals surface area contributed by atoms with Gasteiger partial charge in [-0.05, 0) is 5.41 Å². The van der Waals surface area contributed by atoms with Gasteiger partial charge in [-0.2, -0.15) is 0 Å². The molecule has 0 aliphatic carbocycles. The Labute approximate surface area is 86.5 Å². The molecule has 0 amide bonds. The molecule has 0 aliphatic rings. The lowest BCUT2D eigenvalue weighted by atomic mass is 9.63. The van der Waals surface area contributed by atoms with Crippen molar-refractivity contribution in [2.75, 3.05) is 7.11 Å². The van der Waals surface area contributed by atoms with Crippen LogP contribution in [0.15, 0.2) is 0 Å². The van der Waals surface area contributed by atoms with Gasteiger partial charge in [-0.15, -0.1) is 0 Å². The third-order valence-corrected chi connectivity index (χ3v) is 3.74. The van der Waals surface area contributed by atoms with Crippen LogP contribution in [0.4, 0.5) is 0 Å². The van der Waals surface area contributed by atoms with Crippen LogP contribution in [0.3, 0.4) is 0 Å². The topological polar surface area (TPSA) is 46.5 Å². The molecule has 0 bridgehead atoms. The van der Waals surface area contributed by atoms with Crippen LogP contribution in [-0.4, -0.2) is 24.3 Å². The number of carbonyl (C=O) groups is 1. The second-order valence-electron chi connectivity index (χ2n) is 4.88. The summed E-state index contributed by atoms with van der Waals surface area (Å²) < 4.78 is 4.55. The summed E-state index contributed by atoms with van der Waals surface area (Å²) in [6.07, 6.45) is -0.170. The van der Waals surface area contributed by atoms with E-state index in [1.54, 1.807) is 0 Å². The van der Waals surface area contributed by atoms with Crippen molar-refractivity contribution in [3.63, 3.8) is 0 Å². The Kier molecular flexibility index (Phi) is 4.13. The molecule has 0 aromatic rings. The van der Waals surface area contributed by atoms with Crippen molar-refractivity contribution in [2.45, 2.75) is 47.1 Å². The Hall–Kier alpha value is -0.570.